The zero-order valence-corrected chi connectivity index (χ0v) is 9.57. The van der Waals surface area contributed by atoms with E-state index in [4.69, 9.17) is 4.42 Å². The minimum absolute atomic E-state index is 0.245. The molecule has 1 aliphatic rings. The molecule has 2 rings (SSSR count). The van der Waals surface area contributed by atoms with Crippen LogP contribution in [0.4, 0.5) is 0 Å². The van der Waals surface area contributed by atoms with E-state index >= 15 is 0 Å². The minimum Gasteiger partial charge on any atom is -0.472 e. The average molecular weight is 208 g/mol. The van der Waals surface area contributed by atoms with Gasteiger partial charge in [0.25, 0.3) is 0 Å². The minimum atomic E-state index is -0.362. The van der Waals surface area contributed by atoms with Crippen LogP contribution in [0.3, 0.4) is 0 Å². The smallest absolute Gasteiger partial charge is 0.0960 e. The summed E-state index contributed by atoms with van der Waals surface area (Å²) < 4.78 is 5.03. The molecular weight excluding hydrogens is 188 g/mol. The first-order chi connectivity index (χ1) is 7.11. The SMILES string of the molecule is CC1(C)CCCCC1C(O)c1ccoc1. The van der Waals surface area contributed by atoms with Crippen molar-refractivity contribution >= 4 is 0 Å². The molecule has 0 radical (unpaired) electrons. The maximum atomic E-state index is 10.3. The van der Waals surface area contributed by atoms with Crippen molar-refractivity contribution in [2.75, 3.05) is 0 Å². The number of rotatable bonds is 2. The fraction of sp³-hybridized carbons (Fsp3) is 0.692. The zero-order chi connectivity index (χ0) is 10.9. The molecule has 0 spiro atoms. The molecule has 0 saturated heterocycles. The Morgan fingerprint density at radius 2 is 2.27 bits per heavy atom. The van der Waals surface area contributed by atoms with Crippen LogP contribution >= 0.6 is 0 Å². The fourth-order valence-electron chi connectivity index (χ4n) is 2.78. The Bertz CT molecular complexity index is 300. The average Bonchev–Trinajstić information content (AvgIpc) is 2.69. The molecule has 15 heavy (non-hydrogen) atoms. The molecule has 1 aliphatic carbocycles. The summed E-state index contributed by atoms with van der Waals surface area (Å²) in [5.74, 6) is 0.365. The summed E-state index contributed by atoms with van der Waals surface area (Å²) >= 11 is 0. The second kappa shape index (κ2) is 4.01. The van der Waals surface area contributed by atoms with E-state index < -0.39 is 0 Å². The largest absolute Gasteiger partial charge is 0.472 e. The third kappa shape index (κ3) is 2.10. The molecule has 0 bridgehead atoms. The fourth-order valence-corrected chi connectivity index (χ4v) is 2.78. The Labute approximate surface area is 91.3 Å². The summed E-state index contributed by atoms with van der Waals surface area (Å²) in [6.07, 6.45) is 7.80. The number of hydrogen-bond acceptors (Lipinski definition) is 2. The van der Waals surface area contributed by atoms with Gasteiger partial charge in [-0.3, -0.25) is 0 Å². The molecule has 2 unspecified atom stereocenters. The Kier molecular flexibility index (Phi) is 2.87. The number of hydrogen-bond donors (Lipinski definition) is 1. The second-order valence-electron chi connectivity index (χ2n) is 5.34. The van der Waals surface area contributed by atoms with Gasteiger partial charge in [0.15, 0.2) is 0 Å². The van der Waals surface area contributed by atoms with E-state index in [0.717, 1.165) is 12.0 Å². The second-order valence-corrected chi connectivity index (χ2v) is 5.34. The van der Waals surface area contributed by atoms with Crippen molar-refractivity contribution in [1.29, 1.82) is 0 Å². The molecule has 2 atom stereocenters. The monoisotopic (exact) mass is 208 g/mol. The molecule has 0 aliphatic heterocycles. The molecule has 1 saturated carbocycles. The maximum absolute atomic E-state index is 10.3. The van der Waals surface area contributed by atoms with Crippen LogP contribution in [-0.4, -0.2) is 5.11 Å². The van der Waals surface area contributed by atoms with Crippen LogP contribution in [0.25, 0.3) is 0 Å². The van der Waals surface area contributed by atoms with Crippen LogP contribution in [-0.2, 0) is 0 Å². The third-order valence-electron chi connectivity index (χ3n) is 3.86. The van der Waals surface area contributed by atoms with Crippen LogP contribution in [0.15, 0.2) is 23.0 Å². The molecule has 1 N–H and O–H groups in total. The van der Waals surface area contributed by atoms with Gasteiger partial charge in [-0.15, -0.1) is 0 Å². The quantitative estimate of drug-likeness (QED) is 0.806. The highest BCUT2D eigenvalue weighted by molar-refractivity contribution is 5.11. The summed E-state index contributed by atoms with van der Waals surface area (Å²) in [4.78, 5) is 0. The van der Waals surface area contributed by atoms with Gasteiger partial charge in [0.05, 0.1) is 18.6 Å². The van der Waals surface area contributed by atoms with Crippen molar-refractivity contribution in [3.63, 3.8) is 0 Å². The molecule has 0 aromatic carbocycles. The van der Waals surface area contributed by atoms with Gasteiger partial charge in [-0.05, 0) is 30.2 Å². The van der Waals surface area contributed by atoms with Crippen molar-refractivity contribution in [2.24, 2.45) is 11.3 Å². The van der Waals surface area contributed by atoms with Crippen molar-refractivity contribution in [2.45, 2.75) is 45.6 Å². The lowest BCUT2D eigenvalue weighted by molar-refractivity contribution is 0.00357. The summed E-state index contributed by atoms with van der Waals surface area (Å²) in [7, 11) is 0. The first-order valence-electron chi connectivity index (χ1n) is 5.81. The van der Waals surface area contributed by atoms with Crippen molar-refractivity contribution in [3.05, 3.63) is 24.2 Å². The van der Waals surface area contributed by atoms with Gasteiger partial charge in [0.2, 0.25) is 0 Å². The Morgan fingerprint density at radius 1 is 1.47 bits per heavy atom. The molecule has 1 aromatic rings. The van der Waals surface area contributed by atoms with Crippen LogP contribution in [0.2, 0.25) is 0 Å². The van der Waals surface area contributed by atoms with Crippen LogP contribution in [0.5, 0.6) is 0 Å². The molecule has 1 fully saturated rings. The Morgan fingerprint density at radius 3 is 2.87 bits per heavy atom. The lowest BCUT2D eigenvalue weighted by Gasteiger charge is -2.41. The van der Waals surface area contributed by atoms with Gasteiger partial charge >= 0.3 is 0 Å². The van der Waals surface area contributed by atoms with E-state index in [1.807, 2.05) is 6.07 Å². The van der Waals surface area contributed by atoms with Gasteiger partial charge in [0, 0.05) is 5.56 Å². The molecule has 0 amide bonds. The first kappa shape index (κ1) is 10.7. The van der Waals surface area contributed by atoms with E-state index in [0.29, 0.717) is 5.92 Å². The normalized spacial score (nSPS) is 27.5. The van der Waals surface area contributed by atoms with E-state index in [1.165, 1.54) is 19.3 Å². The topological polar surface area (TPSA) is 33.4 Å². The summed E-state index contributed by atoms with van der Waals surface area (Å²) in [6.45, 7) is 4.53. The first-order valence-corrected chi connectivity index (χ1v) is 5.81. The van der Waals surface area contributed by atoms with Gasteiger partial charge in [-0.2, -0.15) is 0 Å². The maximum Gasteiger partial charge on any atom is 0.0960 e. The molecule has 2 nitrogen and oxygen atoms in total. The van der Waals surface area contributed by atoms with Gasteiger partial charge in [0.1, 0.15) is 0 Å². The van der Waals surface area contributed by atoms with E-state index in [-0.39, 0.29) is 11.5 Å². The lowest BCUT2D eigenvalue weighted by atomic mass is 9.66. The highest BCUT2D eigenvalue weighted by atomic mass is 16.3. The molecule has 2 heteroatoms. The third-order valence-corrected chi connectivity index (χ3v) is 3.86. The summed E-state index contributed by atoms with van der Waals surface area (Å²) in [5, 5.41) is 10.3. The van der Waals surface area contributed by atoms with Crippen LogP contribution in [0.1, 0.15) is 51.2 Å². The predicted molar refractivity (Wildman–Crippen MR) is 59.4 cm³/mol. The van der Waals surface area contributed by atoms with Gasteiger partial charge in [-0.1, -0.05) is 26.7 Å². The number of aliphatic hydroxyl groups is 1. The molecule has 84 valence electrons. The zero-order valence-electron chi connectivity index (χ0n) is 9.57. The Balaban J connectivity index is 2.15. The highest BCUT2D eigenvalue weighted by Gasteiger charge is 2.37. The summed E-state index contributed by atoms with van der Waals surface area (Å²) in [6, 6.07) is 1.87. The van der Waals surface area contributed by atoms with Crippen molar-refractivity contribution in [1.82, 2.24) is 0 Å². The summed E-state index contributed by atoms with van der Waals surface area (Å²) in [5.41, 5.74) is 1.17. The molecular formula is C13H20O2. The van der Waals surface area contributed by atoms with Gasteiger partial charge in [-0.25, -0.2) is 0 Å². The lowest BCUT2D eigenvalue weighted by Crippen LogP contribution is -2.32. The van der Waals surface area contributed by atoms with Crippen molar-refractivity contribution in [3.8, 4) is 0 Å². The molecule has 1 aromatic heterocycles. The highest BCUT2D eigenvalue weighted by Crippen LogP contribution is 2.46. The van der Waals surface area contributed by atoms with E-state index in [2.05, 4.69) is 13.8 Å². The molecule has 1 heterocycles. The van der Waals surface area contributed by atoms with Gasteiger partial charge < -0.3 is 9.52 Å². The number of aliphatic hydroxyl groups excluding tert-OH is 1. The van der Waals surface area contributed by atoms with Crippen LogP contribution in [0, 0.1) is 11.3 Å². The standard InChI is InChI=1S/C13H20O2/c1-13(2)7-4-3-5-11(13)12(14)10-6-8-15-9-10/h6,8-9,11-12,14H,3-5,7H2,1-2H3. The van der Waals surface area contributed by atoms with Crippen LogP contribution < -0.4 is 0 Å². The van der Waals surface area contributed by atoms with Crippen molar-refractivity contribution < 1.29 is 9.52 Å². The van der Waals surface area contributed by atoms with E-state index in [1.54, 1.807) is 12.5 Å². The predicted octanol–water partition coefficient (Wildman–Crippen LogP) is 3.53. The van der Waals surface area contributed by atoms with E-state index in [9.17, 15) is 5.11 Å². The Hall–Kier alpha value is -0.760. The number of furan rings is 1.